The minimum atomic E-state index is 0.397. The van der Waals surface area contributed by atoms with E-state index in [-0.39, 0.29) is 0 Å². The average molecular weight is 136 g/mol. The number of rotatable bonds is 0. The highest BCUT2D eigenvalue weighted by atomic mass is 14.3. The average Bonchev–Trinajstić information content (AvgIpc) is 2.11. The molecule has 0 amide bonds. The van der Waals surface area contributed by atoms with Gasteiger partial charge in [-0.1, -0.05) is 44.6 Å². The minimum Gasteiger partial charge on any atom is -0.0768 e. The van der Waals surface area contributed by atoms with E-state index >= 15 is 0 Å². The molecule has 0 bridgehead atoms. The summed E-state index contributed by atoms with van der Waals surface area (Å²) < 4.78 is 0. The summed E-state index contributed by atoms with van der Waals surface area (Å²) in [5.74, 6) is 0.646. The lowest BCUT2D eigenvalue weighted by atomic mass is 9.82. The Hall–Kier alpha value is -0.520. The van der Waals surface area contributed by atoms with Crippen LogP contribution in [-0.4, -0.2) is 0 Å². The third-order valence-electron chi connectivity index (χ3n) is 2.01. The van der Waals surface area contributed by atoms with Crippen molar-refractivity contribution in [1.29, 1.82) is 0 Å². The maximum Gasteiger partial charge on any atom is 0.000405 e. The lowest BCUT2D eigenvalue weighted by molar-refractivity contribution is 0.346. The molecule has 0 saturated carbocycles. The van der Waals surface area contributed by atoms with Gasteiger partial charge in [-0.2, -0.15) is 0 Å². The molecule has 0 aromatic rings. The molecule has 0 radical (unpaired) electrons. The van der Waals surface area contributed by atoms with Gasteiger partial charge in [0.1, 0.15) is 0 Å². The molecule has 1 atom stereocenters. The first kappa shape index (κ1) is 7.59. The van der Waals surface area contributed by atoms with Crippen molar-refractivity contribution in [2.45, 2.75) is 27.7 Å². The Balaban J connectivity index is 2.72. The minimum absolute atomic E-state index is 0.397. The van der Waals surface area contributed by atoms with Gasteiger partial charge in [0, 0.05) is 5.92 Å². The smallest absolute Gasteiger partial charge is 0.000405 e. The molecular weight excluding hydrogens is 120 g/mol. The second-order valence-electron chi connectivity index (χ2n) is 4.16. The summed E-state index contributed by atoms with van der Waals surface area (Å²) in [6, 6.07) is 0. The summed E-state index contributed by atoms with van der Waals surface area (Å²) in [5, 5.41) is 0. The van der Waals surface area contributed by atoms with E-state index in [1.54, 1.807) is 0 Å². The Bertz CT molecular complexity index is 177. The first-order valence-electron chi connectivity index (χ1n) is 3.87. The highest BCUT2D eigenvalue weighted by Gasteiger charge is 2.21. The largest absolute Gasteiger partial charge is 0.0768 e. The maximum absolute atomic E-state index is 2.33. The van der Waals surface area contributed by atoms with E-state index < -0.39 is 0 Å². The van der Waals surface area contributed by atoms with Crippen molar-refractivity contribution >= 4 is 0 Å². The van der Waals surface area contributed by atoms with Gasteiger partial charge in [0.15, 0.2) is 0 Å². The Morgan fingerprint density at radius 3 is 2.10 bits per heavy atom. The Morgan fingerprint density at radius 1 is 1.30 bits per heavy atom. The van der Waals surface area contributed by atoms with Crippen LogP contribution in [0.25, 0.3) is 0 Å². The van der Waals surface area contributed by atoms with Crippen LogP contribution in [0.15, 0.2) is 23.8 Å². The molecule has 1 aliphatic carbocycles. The fourth-order valence-corrected chi connectivity index (χ4v) is 1.19. The van der Waals surface area contributed by atoms with Crippen LogP contribution in [-0.2, 0) is 0 Å². The Morgan fingerprint density at radius 2 is 1.90 bits per heavy atom. The fourth-order valence-electron chi connectivity index (χ4n) is 1.19. The summed E-state index contributed by atoms with van der Waals surface area (Å²) in [6.45, 7) is 8.98. The highest BCUT2D eigenvalue weighted by Crippen LogP contribution is 2.32. The van der Waals surface area contributed by atoms with Gasteiger partial charge < -0.3 is 0 Å². The second kappa shape index (κ2) is 2.26. The molecule has 0 aromatic heterocycles. The summed E-state index contributed by atoms with van der Waals surface area (Å²) in [4.78, 5) is 0. The van der Waals surface area contributed by atoms with Crippen LogP contribution in [0.5, 0.6) is 0 Å². The van der Waals surface area contributed by atoms with E-state index in [9.17, 15) is 0 Å². The van der Waals surface area contributed by atoms with Gasteiger partial charge in [-0.15, -0.1) is 0 Å². The van der Waals surface area contributed by atoms with Crippen molar-refractivity contribution in [3.05, 3.63) is 23.8 Å². The SMILES string of the molecule is CC1=CC(C(C)(C)C)C=C1. The van der Waals surface area contributed by atoms with Crippen molar-refractivity contribution in [3.8, 4) is 0 Å². The van der Waals surface area contributed by atoms with Crippen molar-refractivity contribution in [1.82, 2.24) is 0 Å². The zero-order valence-electron chi connectivity index (χ0n) is 7.31. The molecule has 1 unspecified atom stereocenters. The molecule has 1 rings (SSSR count). The molecule has 0 nitrogen and oxygen atoms in total. The number of allylic oxidation sites excluding steroid dienone is 4. The highest BCUT2D eigenvalue weighted by molar-refractivity contribution is 5.28. The predicted octanol–water partition coefficient (Wildman–Crippen LogP) is 3.16. The van der Waals surface area contributed by atoms with Crippen LogP contribution < -0.4 is 0 Å². The molecule has 0 saturated heterocycles. The van der Waals surface area contributed by atoms with Gasteiger partial charge in [-0.25, -0.2) is 0 Å². The monoisotopic (exact) mass is 136 g/mol. The van der Waals surface area contributed by atoms with Crippen molar-refractivity contribution < 1.29 is 0 Å². The predicted molar refractivity (Wildman–Crippen MR) is 45.8 cm³/mol. The van der Waals surface area contributed by atoms with Gasteiger partial charge >= 0.3 is 0 Å². The molecule has 0 heterocycles. The molecule has 10 heavy (non-hydrogen) atoms. The molecule has 0 spiro atoms. The van der Waals surface area contributed by atoms with Crippen LogP contribution in [0.4, 0.5) is 0 Å². The van der Waals surface area contributed by atoms with E-state index in [4.69, 9.17) is 0 Å². The number of hydrogen-bond donors (Lipinski definition) is 0. The normalized spacial score (nSPS) is 25.2. The summed E-state index contributed by atoms with van der Waals surface area (Å²) in [6.07, 6.45) is 6.82. The third-order valence-corrected chi connectivity index (χ3v) is 2.01. The van der Waals surface area contributed by atoms with Crippen LogP contribution in [0, 0.1) is 11.3 Å². The van der Waals surface area contributed by atoms with Crippen molar-refractivity contribution in [2.75, 3.05) is 0 Å². The van der Waals surface area contributed by atoms with E-state index in [1.807, 2.05) is 0 Å². The van der Waals surface area contributed by atoms with Crippen molar-refractivity contribution in [2.24, 2.45) is 11.3 Å². The lowest BCUT2D eigenvalue weighted by Crippen LogP contribution is -2.14. The first-order valence-corrected chi connectivity index (χ1v) is 3.87. The first-order chi connectivity index (χ1) is 4.50. The van der Waals surface area contributed by atoms with Crippen LogP contribution in [0.3, 0.4) is 0 Å². The maximum atomic E-state index is 2.33. The number of hydrogen-bond acceptors (Lipinski definition) is 0. The molecule has 56 valence electrons. The van der Waals surface area contributed by atoms with Crippen molar-refractivity contribution in [3.63, 3.8) is 0 Å². The zero-order chi connectivity index (χ0) is 7.78. The quantitative estimate of drug-likeness (QED) is 0.480. The Kier molecular flexibility index (Phi) is 1.72. The molecule has 0 heteroatoms. The molecule has 0 aliphatic heterocycles. The fraction of sp³-hybridized carbons (Fsp3) is 0.600. The zero-order valence-corrected chi connectivity index (χ0v) is 7.31. The van der Waals surface area contributed by atoms with E-state index in [0.29, 0.717) is 11.3 Å². The molecular formula is C10H16. The van der Waals surface area contributed by atoms with Gasteiger partial charge in [0.05, 0.1) is 0 Å². The van der Waals surface area contributed by atoms with Crippen LogP contribution in [0.1, 0.15) is 27.7 Å². The van der Waals surface area contributed by atoms with Gasteiger partial charge in [-0.3, -0.25) is 0 Å². The standard InChI is InChI=1S/C10H16/c1-8-5-6-9(7-8)10(2,3)4/h5-7,9H,1-4H3. The molecule has 0 N–H and O–H groups in total. The van der Waals surface area contributed by atoms with E-state index in [0.717, 1.165) is 0 Å². The Labute approximate surface area is 63.6 Å². The molecule has 0 aromatic carbocycles. The summed E-state index contributed by atoms with van der Waals surface area (Å²) in [5.41, 5.74) is 1.80. The van der Waals surface area contributed by atoms with E-state index in [1.165, 1.54) is 5.57 Å². The van der Waals surface area contributed by atoms with Gasteiger partial charge in [-0.05, 0) is 12.3 Å². The third kappa shape index (κ3) is 1.50. The lowest BCUT2D eigenvalue weighted by Gasteiger charge is -2.23. The summed E-state index contributed by atoms with van der Waals surface area (Å²) in [7, 11) is 0. The topological polar surface area (TPSA) is 0 Å². The van der Waals surface area contributed by atoms with Crippen LogP contribution in [0.2, 0.25) is 0 Å². The van der Waals surface area contributed by atoms with Gasteiger partial charge in [0.25, 0.3) is 0 Å². The molecule has 0 fully saturated rings. The van der Waals surface area contributed by atoms with Crippen LogP contribution >= 0.6 is 0 Å². The second-order valence-corrected chi connectivity index (χ2v) is 4.16. The molecule has 1 aliphatic rings. The summed E-state index contributed by atoms with van der Waals surface area (Å²) >= 11 is 0. The van der Waals surface area contributed by atoms with E-state index in [2.05, 4.69) is 45.9 Å². The van der Waals surface area contributed by atoms with Gasteiger partial charge in [0.2, 0.25) is 0 Å².